The summed E-state index contributed by atoms with van der Waals surface area (Å²) in [5.41, 5.74) is 5.35. The summed E-state index contributed by atoms with van der Waals surface area (Å²) < 4.78 is 0. The van der Waals surface area contributed by atoms with Crippen LogP contribution in [0.25, 0.3) is 22.0 Å². The third-order valence-corrected chi connectivity index (χ3v) is 4.66. The molecule has 0 atom stereocenters. The lowest BCUT2D eigenvalue weighted by molar-refractivity contribution is 1.06. The highest BCUT2D eigenvalue weighted by molar-refractivity contribution is 6.00. The Morgan fingerprint density at radius 3 is 2.07 bits per heavy atom. The Morgan fingerprint density at radius 1 is 0.741 bits per heavy atom. The topological polar surface area (TPSA) is 41.1 Å². The molecule has 0 spiro atoms. The Balaban J connectivity index is 1.77. The fourth-order valence-electron chi connectivity index (χ4n) is 3.10. The molecule has 0 bridgehead atoms. The van der Waals surface area contributed by atoms with Gasteiger partial charge in [0.05, 0.1) is 0 Å². The minimum atomic E-state index is 0.767. The average molecular weight is 354 g/mol. The molecule has 0 aliphatic carbocycles. The van der Waals surface area contributed by atoms with Gasteiger partial charge in [-0.05, 0) is 31.2 Å². The third-order valence-electron chi connectivity index (χ3n) is 4.66. The van der Waals surface area contributed by atoms with Crippen LogP contribution >= 0.6 is 0 Å². The van der Waals surface area contributed by atoms with Crippen molar-refractivity contribution in [1.82, 2.24) is 10.2 Å². The zero-order chi connectivity index (χ0) is 18.8. The number of hydrogen-bond donors (Lipinski definition) is 1. The zero-order valence-corrected chi connectivity index (χ0v) is 15.8. The summed E-state index contributed by atoms with van der Waals surface area (Å²) in [4.78, 5) is 2.09. The lowest BCUT2D eigenvalue weighted by Crippen LogP contribution is -2.08. The van der Waals surface area contributed by atoms with E-state index in [9.17, 15) is 0 Å². The summed E-state index contributed by atoms with van der Waals surface area (Å²) in [6.07, 6.45) is 0. The predicted molar refractivity (Wildman–Crippen MR) is 114 cm³/mol. The van der Waals surface area contributed by atoms with E-state index >= 15 is 0 Å². The van der Waals surface area contributed by atoms with Crippen LogP contribution in [-0.4, -0.2) is 24.3 Å². The first-order chi connectivity index (χ1) is 13.1. The lowest BCUT2D eigenvalue weighted by atomic mass is 10.0. The van der Waals surface area contributed by atoms with E-state index in [1.807, 2.05) is 26.2 Å². The third kappa shape index (κ3) is 3.47. The first-order valence-corrected chi connectivity index (χ1v) is 8.99. The summed E-state index contributed by atoms with van der Waals surface area (Å²) in [6, 6.07) is 24.9. The molecule has 1 aromatic heterocycles. The SMILES string of the molecule is Cc1ccc(Nc2nnc(-c3ccc(N(C)C)cc3)c3ccccc23)cc1. The fraction of sp³-hybridized carbons (Fsp3) is 0.130. The van der Waals surface area contributed by atoms with Gasteiger partial charge in [0.15, 0.2) is 5.82 Å². The molecular formula is C23H22N4. The van der Waals surface area contributed by atoms with Crippen LogP contribution in [0.4, 0.5) is 17.2 Å². The molecule has 0 aliphatic heterocycles. The Morgan fingerprint density at radius 2 is 1.41 bits per heavy atom. The smallest absolute Gasteiger partial charge is 0.161 e. The van der Waals surface area contributed by atoms with Gasteiger partial charge < -0.3 is 10.2 Å². The highest BCUT2D eigenvalue weighted by atomic mass is 15.2. The normalized spacial score (nSPS) is 10.8. The van der Waals surface area contributed by atoms with Crippen molar-refractivity contribution in [2.75, 3.05) is 24.3 Å². The summed E-state index contributed by atoms with van der Waals surface area (Å²) in [5, 5.41) is 14.6. The maximum Gasteiger partial charge on any atom is 0.161 e. The molecule has 4 nitrogen and oxygen atoms in total. The Hall–Kier alpha value is -3.40. The predicted octanol–water partition coefficient (Wildman–Crippen LogP) is 5.41. The Kier molecular flexibility index (Phi) is 4.47. The van der Waals surface area contributed by atoms with Crippen LogP contribution in [0.3, 0.4) is 0 Å². The van der Waals surface area contributed by atoms with E-state index in [-0.39, 0.29) is 0 Å². The van der Waals surface area contributed by atoms with Crippen molar-refractivity contribution in [2.24, 2.45) is 0 Å². The summed E-state index contributed by atoms with van der Waals surface area (Å²) >= 11 is 0. The van der Waals surface area contributed by atoms with Crippen LogP contribution < -0.4 is 10.2 Å². The first kappa shape index (κ1) is 17.0. The molecule has 1 N–H and O–H groups in total. The Labute approximate surface area is 159 Å². The summed E-state index contributed by atoms with van der Waals surface area (Å²) in [7, 11) is 4.07. The van der Waals surface area contributed by atoms with Gasteiger partial charge in [0.1, 0.15) is 5.69 Å². The molecule has 4 rings (SSSR count). The molecule has 0 saturated heterocycles. The molecule has 0 fully saturated rings. The van der Waals surface area contributed by atoms with Crippen molar-refractivity contribution in [3.05, 3.63) is 78.4 Å². The summed E-state index contributed by atoms with van der Waals surface area (Å²) in [6.45, 7) is 2.08. The van der Waals surface area contributed by atoms with Gasteiger partial charge >= 0.3 is 0 Å². The second-order valence-corrected chi connectivity index (χ2v) is 6.88. The van der Waals surface area contributed by atoms with E-state index in [0.29, 0.717) is 0 Å². The molecule has 0 aliphatic rings. The van der Waals surface area contributed by atoms with Crippen molar-refractivity contribution in [1.29, 1.82) is 0 Å². The quantitative estimate of drug-likeness (QED) is 0.532. The molecule has 134 valence electrons. The number of hydrogen-bond acceptors (Lipinski definition) is 4. The molecule has 0 unspecified atom stereocenters. The second kappa shape index (κ2) is 7.08. The number of nitrogens with one attached hydrogen (secondary N) is 1. The molecule has 1 heterocycles. The van der Waals surface area contributed by atoms with Gasteiger partial charge in [0, 0.05) is 41.8 Å². The number of aryl methyl sites for hydroxylation is 1. The number of anilines is 3. The number of aromatic nitrogens is 2. The molecule has 4 heteroatoms. The zero-order valence-electron chi connectivity index (χ0n) is 15.8. The number of rotatable bonds is 4. The average Bonchev–Trinajstić information content (AvgIpc) is 2.70. The highest BCUT2D eigenvalue weighted by Crippen LogP contribution is 2.31. The standard InChI is InChI=1S/C23H22N4/c1-16-8-12-18(13-9-16)24-23-21-7-5-4-6-20(21)22(25-26-23)17-10-14-19(15-11-17)27(2)3/h4-15H,1-3H3,(H,24,26). The summed E-state index contributed by atoms with van der Waals surface area (Å²) in [5.74, 6) is 0.767. The van der Waals surface area contributed by atoms with Gasteiger partial charge in [0.2, 0.25) is 0 Å². The molecular weight excluding hydrogens is 332 g/mol. The first-order valence-electron chi connectivity index (χ1n) is 8.99. The lowest BCUT2D eigenvalue weighted by Gasteiger charge is -2.14. The van der Waals surface area contributed by atoms with Gasteiger partial charge in [-0.2, -0.15) is 0 Å². The van der Waals surface area contributed by atoms with Gasteiger partial charge in [-0.15, -0.1) is 10.2 Å². The largest absolute Gasteiger partial charge is 0.378 e. The second-order valence-electron chi connectivity index (χ2n) is 6.88. The van der Waals surface area contributed by atoms with Gasteiger partial charge in [-0.25, -0.2) is 0 Å². The van der Waals surface area contributed by atoms with Crippen molar-refractivity contribution in [2.45, 2.75) is 6.92 Å². The van der Waals surface area contributed by atoms with E-state index < -0.39 is 0 Å². The fourth-order valence-corrected chi connectivity index (χ4v) is 3.10. The van der Waals surface area contributed by atoms with Crippen LogP contribution in [0.15, 0.2) is 72.8 Å². The monoisotopic (exact) mass is 354 g/mol. The van der Waals surface area contributed by atoms with E-state index in [1.54, 1.807) is 0 Å². The van der Waals surface area contributed by atoms with E-state index in [2.05, 4.69) is 88.0 Å². The molecule has 0 amide bonds. The minimum absolute atomic E-state index is 0.767. The van der Waals surface area contributed by atoms with Gasteiger partial charge in [0.25, 0.3) is 0 Å². The highest BCUT2D eigenvalue weighted by Gasteiger charge is 2.11. The van der Waals surface area contributed by atoms with Crippen LogP contribution in [0.2, 0.25) is 0 Å². The molecule has 3 aromatic carbocycles. The molecule has 0 radical (unpaired) electrons. The van der Waals surface area contributed by atoms with Crippen LogP contribution in [0, 0.1) is 6.92 Å². The Bertz CT molecular complexity index is 1070. The van der Waals surface area contributed by atoms with Gasteiger partial charge in [-0.1, -0.05) is 54.1 Å². The van der Waals surface area contributed by atoms with Crippen molar-refractivity contribution < 1.29 is 0 Å². The van der Waals surface area contributed by atoms with Crippen LogP contribution in [0.5, 0.6) is 0 Å². The number of benzene rings is 3. The minimum Gasteiger partial charge on any atom is -0.378 e. The van der Waals surface area contributed by atoms with Gasteiger partial charge in [-0.3, -0.25) is 0 Å². The van der Waals surface area contributed by atoms with E-state index in [0.717, 1.165) is 39.2 Å². The molecule has 4 aromatic rings. The maximum absolute atomic E-state index is 4.54. The maximum atomic E-state index is 4.54. The van der Waals surface area contributed by atoms with E-state index in [4.69, 9.17) is 0 Å². The van der Waals surface area contributed by atoms with Crippen molar-refractivity contribution in [3.63, 3.8) is 0 Å². The molecule has 0 saturated carbocycles. The van der Waals surface area contributed by atoms with Crippen molar-refractivity contribution >= 4 is 28.0 Å². The van der Waals surface area contributed by atoms with Crippen LogP contribution in [-0.2, 0) is 0 Å². The molecule has 27 heavy (non-hydrogen) atoms. The van der Waals surface area contributed by atoms with Crippen LogP contribution in [0.1, 0.15) is 5.56 Å². The van der Waals surface area contributed by atoms with Crippen molar-refractivity contribution in [3.8, 4) is 11.3 Å². The number of nitrogens with zero attached hydrogens (tertiary/aromatic N) is 3. The number of fused-ring (bicyclic) bond motifs is 1. The van der Waals surface area contributed by atoms with E-state index in [1.165, 1.54) is 5.56 Å².